The maximum Gasteiger partial charge on any atom is 0.204 e. The fourth-order valence-electron chi connectivity index (χ4n) is 1.88. The highest BCUT2D eigenvalue weighted by atomic mass is 79.9. The first-order valence-corrected chi connectivity index (χ1v) is 6.14. The molecule has 0 radical (unpaired) electrons. The summed E-state index contributed by atoms with van der Waals surface area (Å²) in [5.74, 6) is -0.0170. The number of Topliss-reactive ketones (excluding diaryl/α,β-unsaturated/α-hetero) is 1. The lowest BCUT2D eigenvalue weighted by Gasteiger charge is -2.23. The van der Waals surface area contributed by atoms with Crippen LogP contribution in [0.15, 0.2) is 45.0 Å². The molecule has 17 heavy (non-hydrogen) atoms. The predicted octanol–water partition coefficient (Wildman–Crippen LogP) is 2.98. The molecule has 1 aromatic carbocycles. The number of carbonyl (C=O) groups excluding carboxylic acids is 1. The van der Waals surface area contributed by atoms with Crippen molar-refractivity contribution in [2.24, 2.45) is 5.10 Å². The van der Waals surface area contributed by atoms with Gasteiger partial charge in [0.25, 0.3) is 0 Å². The molecule has 2 rings (SSSR count). The molecule has 1 unspecified atom stereocenters. The first-order valence-electron chi connectivity index (χ1n) is 5.35. The summed E-state index contributed by atoms with van der Waals surface area (Å²) >= 11 is 3.40. The van der Waals surface area contributed by atoms with Gasteiger partial charge in [-0.25, -0.2) is 0 Å². The number of benzene rings is 1. The van der Waals surface area contributed by atoms with Gasteiger partial charge < -0.3 is 0 Å². The number of carbonyl (C=O) groups is 1. The Hall–Kier alpha value is -1.42. The quantitative estimate of drug-likeness (QED) is 0.809. The predicted molar refractivity (Wildman–Crippen MR) is 71.9 cm³/mol. The van der Waals surface area contributed by atoms with Crippen LogP contribution in [0.2, 0.25) is 0 Å². The third kappa shape index (κ3) is 2.47. The highest BCUT2D eigenvalue weighted by Gasteiger charge is 2.25. The van der Waals surface area contributed by atoms with E-state index in [0.717, 1.165) is 21.2 Å². The monoisotopic (exact) mass is 292 g/mol. The normalized spacial score (nSPS) is 19.1. The maximum atomic E-state index is 11.8. The number of hydrogen-bond acceptors (Lipinski definition) is 3. The van der Waals surface area contributed by atoms with Crippen molar-refractivity contribution in [3.8, 4) is 0 Å². The molecule has 0 saturated heterocycles. The third-order valence-corrected chi connectivity index (χ3v) is 3.21. The number of nitrogens with zero attached hydrogens (tertiary/aromatic N) is 1. The molecule has 0 spiro atoms. The lowest BCUT2D eigenvalue weighted by molar-refractivity contribution is -0.110. The van der Waals surface area contributed by atoms with Gasteiger partial charge in [0, 0.05) is 10.0 Å². The van der Waals surface area contributed by atoms with Crippen LogP contribution in [0.3, 0.4) is 0 Å². The Morgan fingerprint density at radius 2 is 1.94 bits per heavy atom. The van der Waals surface area contributed by atoms with Gasteiger partial charge in [-0.3, -0.25) is 10.2 Å². The highest BCUT2D eigenvalue weighted by molar-refractivity contribution is 9.10. The molecular weight excluding hydrogens is 280 g/mol. The Morgan fingerprint density at radius 3 is 2.53 bits per heavy atom. The average molecular weight is 293 g/mol. The van der Waals surface area contributed by atoms with Crippen molar-refractivity contribution < 1.29 is 4.79 Å². The van der Waals surface area contributed by atoms with E-state index in [9.17, 15) is 4.79 Å². The van der Waals surface area contributed by atoms with Crippen LogP contribution >= 0.6 is 15.9 Å². The van der Waals surface area contributed by atoms with Gasteiger partial charge in [-0.15, -0.1) is 0 Å². The molecule has 88 valence electrons. The fraction of sp³-hybridized carbons (Fsp3) is 0.231. The van der Waals surface area contributed by atoms with Gasteiger partial charge in [0.05, 0.1) is 12.3 Å². The van der Waals surface area contributed by atoms with Gasteiger partial charge in [0.1, 0.15) is 0 Å². The first kappa shape index (κ1) is 12.0. The molecule has 0 amide bonds. The van der Waals surface area contributed by atoms with E-state index in [-0.39, 0.29) is 11.8 Å². The Balaban J connectivity index is 2.44. The Bertz CT molecular complexity index is 499. The standard InChI is InChI=1S/C13H13BrN2O/c1-8(2)12-11(17)7-15-16-13(12)9-3-5-10(14)6-4-9/h3-7,13,16H,1-2H3. The van der Waals surface area contributed by atoms with Crippen LogP contribution in [0, 0.1) is 0 Å². The number of rotatable bonds is 1. The van der Waals surface area contributed by atoms with Crippen LogP contribution < -0.4 is 5.43 Å². The zero-order valence-electron chi connectivity index (χ0n) is 9.70. The smallest absolute Gasteiger partial charge is 0.204 e. The van der Waals surface area contributed by atoms with Crippen molar-refractivity contribution in [3.63, 3.8) is 0 Å². The summed E-state index contributed by atoms with van der Waals surface area (Å²) in [5, 5.41) is 3.90. The fourth-order valence-corrected chi connectivity index (χ4v) is 2.14. The largest absolute Gasteiger partial charge is 0.298 e. The van der Waals surface area contributed by atoms with Crippen molar-refractivity contribution in [1.82, 2.24) is 5.43 Å². The molecular formula is C13H13BrN2O. The topological polar surface area (TPSA) is 41.5 Å². The third-order valence-electron chi connectivity index (χ3n) is 2.68. The van der Waals surface area contributed by atoms with Gasteiger partial charge in [-0.1, -0.05) is 33.6 Å². The second-order valence-corrected chi connectivity index (χ2v) is 5.07. The zero-order valence-corrected chi connectivity index (χ0v) is 11.3. The molecule has 1 N–H and O–H groups in total. The van der Waals surface area contributed by atoms with Crippen molar-refractivity contribution >= 4 is 27.9 Å². The molecule has 4 heteroatoms. The molecule has 1 atom stereocenters. The summed E-state index contributed by atoms with van der Waals surface area (Å²) in [5.41, 5.74) is 5.82. The molecule has 0 aliphatic carbocycles. The van der Waals surface area contributed by atoms with Gasteiger partial charge in [-0.2, -0.15) is 5.10 Å². The minimum atomic E-state index is -0.148. The molecule has 3 nitrogen and oxygen atoms in total. The maximum absolute atomic E-state index is 11.8. The number of hydrogen-bond donors (Lipinski definition) is 1. The Labute approximate surface area is 109 Å². The van der Waals surface area contributed by atoms with Crippen molar-refractivity contribution in [1.29, 1.82) is 0 Å². The molecule has 1 aliphatic rings. The minimum Gasteiger partial charge on any atom is -0.298 e. The summed E-state index contributed by atoms with van der Waals surface area (Å²) in [7, 11) is 0. The molecule has 1 heterocycles. The van der Waals surface area contributed by atoms with Crippen molar-refractivity contribution in [3.05, 3.63) is 45.4 Å². The molecule has 0 saturated carbocycles. The molecule has 1 aromatic rings. The number of allylic oxidation sites excluding steroid dienone is 1. The van der Waals surface area contributed by atoms with E-state index in [1.54, 1.807) is 0 Å². The van der Waals surface area contributed by atoms with E-state index in [0.29, 0.717) is 0 Å². The summed E-state index contributed by atoms with van der Waals surface area (Å²) in [4.78, 5) is 11.8. The van der Waals surface area contributed by atoms with Crippen molar-refractivity contribution in [2.75, 3.05) is 0 Å². The second-order valence-electron chi connectivity index (χ2n) is 4.15. The van der Waals surface area contributed by atoms with Crippen LogP contribution in [0.4, 0.5) is 0 Å². The SMILES string of the molecule is CC(C)=C1C(=O)C=NNC1c1ccc(Br)cc1. The van der Waals surface area contributed by atoms with Crippen LogP contribution in [-0.2, 0) is 4.79 Å². The van der Waals surface area contributed by atoms with Gasteiger partial charge >= 0.3 is 0 Å². The second kappa shape index (κ2) is 4.84. The molecule has 0 aromatic heterocycles. The molecule has 0 fully saturated rings. The number of nitrogens with one attached hydrogen (secondary N) is 1. The summed E-state index contributed by atoms with van der Waals surface area (Å²) < 4.78 is 1.02. The van der Waals surface area contributed by atoms with Gasteiger partial charge in [0.2, 0.25) is 5.78 Å². The van der Waals surface area contributed by atoms with E-state index >= 15 is 0 Å². The summed E-state index contributed by atoms with van der Waals surface area (Å²) in [6.07, 6.45) is 1.33. The van der Waals surface area contributed by atoms with Crippen LogP contribution in [0.25, 0.3) is 0 Å². The number of halogens is 1. The van der Waals surface area contributed by atoms with Crippen LogP contribution in [0.1, 0.15) is 25.5 Å². The lowest BCUT2D eigenvalue weighted by Crippen LogP contribution is -2.29. The first-order chi connectivity index (χ1) is 8.09. The molecule has 0 bridgehead atoms. The van der Waals surface area contributed by atoms with E-state index in [1.165, 1.54) is 6.21 Å². The Kier molecular flexibility index (Phi) is 3.43. The average Bonchev–Trinajstić information content (AvgIpc) is 2.29. The minimum absolute atomic E-state index is 0.0170. The zero-order chi connectivity index (χ0) is 12.4. The van der Waals surface area contributed by atoms with Gasteiger partial charge in [-0.05, 0) is 31.5 Å². The van der Waals surface area contributed by atoms with Crippen LogP contribution in [-0.4, -0.2) is 12.0 Å². The number of ketones is 1. The van der Waals surface area contributed by atoms with Gasteiger partial charge in [0.15, 0.2) is 0 Å². The van der Waals surface area contributed by atoms with E-state index in [2.05, 4.69) is 26.5 Å². The summed E-state index contributed by atoms with van der Waals surface area (Å²) in [6.45, 7) is 3.89. The van der Waals surface area contributed by atoms with E-state index < -0.39 is 0 Å². The number of hydrazone groups is 1. The highest BCUT2D eigenvalue weighted by Crippen LogP contribution is 2.27. The summed E-state index contributed by atoms with van der Waals surface area (Å²) in [6, 6.07) is 7.74. The van der Waals surface area contributed by atoms with Crippen molar-refractivity contribution in [2.45, 2.75) is 19.9 Å². The molecule has 1 aliphatic heterocycles. The van der Waals surface area contributed by atoms with Crippen LogP contribution in [0.5, 0.6) is 0 Å². The van der Waals surface area contributed by atoms with E-state index in [1.807, 2.05) is 38.1 Å². The van der Waals surface area contributed by atoms with E-state index in [4.69, 9.17) is 0 Å². The lowest BCUT2D eigenvalue weighted by atomic mass is 9.92. The Morgan fingerprint density at radius 1 is 1.29 bits per heavy atom.